The molecule has 0 aliphatic heterocycles. The van der Waals surface area contributed by atoms with Crippen molar-refractivity contribution in [1.82, 2.24) is 9.97 Å². The van der Waals surface area contributed by atoms with E-state index in [0.717, 1.165) is 56.9 Å². The van der Waals surface area contributed by atoms with Gasteiger partial charge in [-0.25, -0.2) is 9.97 Å². The minimum atomic E-state index is -0.490. The van der Waals surface area contributed by atoms with Crippen LogP contribution in [0.1, 0.15) is 109 Å². The number of hydrogen-bond acceptors (Lipinski definition) is 6. The number of aromatic nitrogens is 2. The maximum absolute atomic E-state index is 13.2. The summed E-state index contributed by atoms with van der Waals surface area (Å²) < 4.78 is 6.42. The molecule has 4 rings (SSSR count). The molecule has 1 saturated carbocycles. The minimum absolute atomic E-state index is 0.0135. The Labute approximate surface area is 259 Å². The zero-order valence-electron chi connectivity index (χ0n) is 26.2. The summed E-state index contributed by atoms with van der Waals surface area (Å²) in [6.07, 6.45) is 9.57. The summed E-state index contributed by atoms with van der Waals surface area (Å²) >= 11 is 3.37. The number of fused-ring (bicyclic) bond motifs is 1. The highest BCUT2D eigenvalue weighted by molar-refractivity contribution is 9.10. The first-order valence-electron chi connectivity index (χ1n) is 15.3. The van der Waals surface area contributed by atoms with Crippen molar-refractivity contribution in [3.63, 3.8) is 0 Å². The summed E-state index contributed by atoms with van der Waals surface area (Å²) in [5, 5.41) is 5.71. The quantitative estimate of drug-likeness (QED) is 0.225. The predicted molar refractivity (Wildman–Crippen MR) is 174 cm³/mol. The largest absolute Gasteiger partial charge is 0.447 e. The molecular formula is C33H47BrN4O4. The fraction of sp³-hybridized carbons (Fsp3) is 0.545. The highest BCUT2D eigenvalue weighted by Crippen LogP contribution is 2.37. The smallest absolute Gasteiger partial charge is 0.294 e. The third-order valence-corrected chi connectivity index (χ3v) is 8.02. The van der Waals surface area contributed by atoms with Gasteiger partial charge < -0.3 is 19.8 Å². The molecule has 1 atom stereocenters. The third kappa shape index (κ3) is 10.3. The van der Waals surface area contributed by atoms with Crippen molar-refractivity contribution < 1.29 is 18.8 Å². The molecule has 0 unspecified atom stereocenters. The SMILES string of the molecule is CC.CCCCC(C)=O.CC[C@@H](C)C1CCC(C(=O)Nc2c(C(=O)Nc3ccc(C)cn3)oc3ccc(Br)nc23)CC1. The number of furan rings is 1. The Morgan fingerprint density at radius 3 is 2.29 bits per heavy atom. The van der Waals surface area contributed by atoms with E-state index in [0.29, 0.717) is 44.8 Å². The number of hydrogen-bond donors (Lipinski definition) is 2. The summed E-state index contributed by atoms with van der Waals surface area (Å²) in [6.45, 7) is 14.2. The van der Waals surface area contributed by atoms with E-state index in [1.807, 2.05) is 26.8 Å². The van der Waals surface area contributed by atoms with Gasteiger partial charge in [0.2, 0.25) is 11.7 Å². The summed E-state index contributed by atoms with van der Waals surface area (Å²) in [7, 11) is 0. The van der Waals surface area contributed by atoms with Gasteiger partial charge in [-0.2, -0.15) is 0 Å². The Kier molecular flexibility index (Phi) is 14.9. The number of ketones is 1. The van der Waals surface area contributed by atoms with Crippen LogP contribution in [0.2, 0.25) is 0 Å². The van der Waals surface area contributed by atoms with Crippen LogP contribution < -0.4 is 10.6 Å². The van der Waals surface area contributed by atoms with Crippen molar-refractivity contribution in [2.45, 2.75) is 99.8 Å². The molecule has 1 fully saturated rings. The van der Waals surface area contributed by atoms with Crippen molar-refractivity contribution >= 4 is 56.1 Å². The Morgan fingerprint density at radius 1 is 1.05 bits per heavy atom. The third-order valence-electron chi connectivity index (χ3n) is 7.58. The van der Waals surface area contributed by atoms with Gasteiger partial charge >= 0.3 is 0 Å². The maximum atomic E-state index is 13.2. The molecule has 8 nitrogen and oxygen atoms in total. The van der Waals surface area contributed by atoms with Crippen LogP contribution in [-0.2, 0) is 9.59 Å². The molecule has 42 heavy (non-hydrogen) atoms. The summed E-state index contributed by atoms with van der Waals surface area (Å²) in [5.41, 5.74) is 2.15. The molecular weight excluding hydrogens is 596 g/mol. The van der Waals surface area contributed by atoms with Crippen molar-refractivity contribution in [3.8, 4) is 0 Å². The zero-order valence-corrected chi connectivity index (χ0v) is 27.8. The van der Waals surface area contributed by atoms with Gasteiger partial charge in [-0.3, -0.25) is 9.59 Å². The molecule has 9 heteroatoms. The molecule has 230 valence electrons. The molecule has 0 saturated heterocycles. The van der Waals surface area contributed by atoms with E-state index in [1.165, 1.54) is 0 Å². The van der Waals surface area contributed by atoms with Gasteiger partial charge in [0.15, 0.2) is 5.58 Å². The van der Waals surface area contributed by atoms with E-state index < -0.39 is 5.91 Å². The predicted octanol–water partition coefficient (Wildman–Crippen LogP) is 9.13. The average molecular weight is 644 g/mol. The molecule has 2 amide bonds. The molecule has 3 aromatic rings. The van der Waals surface area contributed by atoms with Gasteiger partial charge in [-0.1, -0.05) is 53.5 Å². The Morgan fingerprint density at radius 2 is 1.74 bits per heavy atom. The van der Waals surface area contributed by atoms with Gasteiger partial charge in [0, 0.05) is 18.5 Å². The number of nitrogens with zero attached hydrogens (tertiary/aromatic N) is 2. The fourth-order valence-corrected chi connectivity index (χ4v) is 5.19. The van der Waals surface area contributed by atoms with Crippen LogP contribution in [0, 0.1) is 24.7 Å². The van der Waals surface area contributed by atoms with Crippen molar-refractivity contribution in [2.75, 3.05) is 10.6 Å². The number of halogens is 1. The topological polar surface area (TPSA) is 114 Å². The summed E-state index contributed by atoms with van der Waals surface area (Å²) in [4.78, 5) is 45.1. The number of anilines is 2. The van der Waals surface area contributed by atoms with Crippen molar-refractivity contribution in [3.05, 3.63) is 46.4 Å². The number of carbonyl (C=O) groups is 3. The lowest BCUT2D eigenvalue weighted by Gasteiger charge is -2.31. The lowest BCUT2D eigenvalue weighted by molar-refractivity contribution is -0.121. The number of unbranched alkanes of at least 4 members (excludes halogenated alkanes) is 1. The van der Waals surface area contributed by atoms with Crippen molar-refractivity contribution in [2.24, 2.45) is 17.8 Å². The number of rotatable bonds is 9. The molecule has 1 aliphatic rings. The number of carbonyl (C=O) groups excluding carboxylic acids is 3. The highest BCUT2D eigenvalue weighted by Gasteiger charge is 2.31. The molecule has 0 bridgehead atoms. The first kappa shape index (κ1) is 35.1. The van der Waals surface area contributed by atoms with Gasteiger partial charge in [0.25, 0.3) is 5.91 Å². The zero-order chi connectivity index (χ0) is 31.2. The standard InChI is InChI=1S/C25H29BrN4O3.C6H12O.C2H6/c1-4-15(3)16-6-8-17(9-7-16)24(31)30-22-21-18(10-11-19(26)28-21)33-23(22)25(32)29-20-12-5-14(2)13-27-20;1-3-4-5-6(2)7;1-2/h5,10-13,15-17H,4,6-9H2,1-3H3,(H,30,31)(H,27,29,32);3-5H2,1-2H3;1-2H3/t15-,16?,17?;;/m1../s1. The first-order chi connectivity index (χ1) is 20.1. The maximum Gasteiger partial charge on any atom is 0.294 e. The Bertz CT molecular complexity index is 1300. The monoisotopic (exact) mass is 642 g/mol. The van der Waals surface area contributed by atoms with E-state index in [9.17, 15) is 14.4 Å². The van der Waals surface area contributed by atoms with Gasteiger partial charge in [-0.15, -0.1) is 0 Å². The Balaban J connectivity index is 0.000000601. The van der Waals surface area contributed by atoms with Crippen LogP contribution in [-0.4, -0.2) is 27.6 Å². The number of amides is 2. The van der Waals surface area contributed by atoms with E-state index >= 15 is 0 Å². The number of aryl methyl sites for hydroxylation is 1. The molecule has 3 heterocycles. The van der Waals surface area contributed by atoms with E-state index in [4.69, 9.17) is 4.42 Å². The van der Waals surface area contributed by atoms with Gasteiger partial charge in [0.05, 0.1) is 0 Å². The molecule has 0 spiro atoms. The second-order valence-corrected chi connectivity index (χ2v) is 11.6. The van der Waals surface area contributed by atoms with E-state index in [2.05, 4.69) is 57.3 Å². The fourth-order valence-electron chi connectivity index (χ4n) is 4.88. The Hall–Kier alpha value is -3.07. The number of Topliss-reactive ketones (excluding diaryl/α,β-unsaturated/α-hetero) is 1. The average Bonchev–Trinajstić information content (AvgIpc) is 3.35. The normalized spacial score (nSPS) is 16.8. The lowest BCUT2D eigenvalue weighted by atomic mass is 9.75. The summed E-state index contributed by atoms with van der Waals surface area (Å²) in [6, 6.07) is 7.04. The number of nitrogens with one attached hydrogen (secondary N) is 2. The minimum Gasteiger partial charge on any atom is -0.447 e. The molecule has 3 aromatic heterocycles. The number of pyridine rings is 2. The second kappa shape index (κ2) is 17.8. The second-order valence-electron chi connectivity index (χ2n) is 10.8. The van der Waals surface area contributed by atoms with Crippen LogP contribution in [0.3, 0.4) is 0 Å². The van der Waals surface area contributed by atoms with Crippen molar-refractivity contribution in [1.29, 1.82) is 0 Å². The highest BCUT2D eigenvalue weighted by atomic mass is 79.9. The van der Waals surface area contributed by atoms with E-state index in [1.54, 1.807) is 31.3 Å². The van der Waals surface area contributed by atoms with Crippen LogP contribution in [0.15, 0.2) is 39.5 Å². The summed E-state index contributed by atoms with van der Waals surface area (Å²) in [5.74, 6) is 1.41. The van der Waals surface area contributed by atoms with Gasteiger partial charge in [-0.05, 0) is 97.5 Å². The van der Waals surface area contributed by atoms with Crippen LogP contribution in [0.5, 0.6) is 0 Å². The van der Waals surface area contributed by atoms with Gasteiger partial charge in [0.1, 0.15) is 27.4 Å². The van der Waals surface area contributed by atoms with Crippen LogP contribution in [0.4, 0.5) is 11.5 Å². The van der Waals surface area contributed by atoms with Crippen LogP contribution in [0.25, 0.3) is 11.1 Å². The molecule has 1 aliphatic carbocycles. The van der Waals surface area contributed by atoms with Crippen LogP contribution >= 0.6 is 15.9 Å². The molecule has 0 radical (unpaired) electrons. The van der Waals surface area contributed by atoms with E-state index in [-0.39, 0.29) is 17.6 Å². The lowest BCUT2D eigenvalue weighted by Crippen LogP contribution is -2.29. The first-order valence-corrected chi connectivity index (χ1v) is 16.1. The molecule has 0 aromatic carbocycles. The molecule has 2 N–H and O–H groups in total.